The number of hydrogen-bond acceptors (Lipinski definition) is 2. The molecule has 2 heteroatoms. The summed E-state index contributed by atoms with van der Waals surface area (Å²) in [5, 5.41) is 3.21. The van der Waals surface area contributed by atoms with E-state index in [2.05, 4.69) is 35.3 Å². The van der Waals surface area contributed by atoms with Crippen molar-refractivity contribution in [3.8, 4) is 0 Å². The van der Waals surface area contributed by atoms with Gasteiger partial charge in [0.25, 0.3) is 0 Å². The van der Waals surface area contributed by atoms with Crippen LogP contribution in [0.3, 0.4) is 0 Å². The Morgan fingerprint density at radius 1 is 1.33 bits per heavy atom. The molecule has 0 bridgehead atoms. The lowest BCUT2D eigenvalue weighted by Crippen LogP contribution is -2.35. The standard InChI is InChI=1S/C13H20N2/c1-11-3-4-12-5-7-15(8-6-14-2)10-13(12)9-11/h3-4,9,14H,5-8,10H2,1-2H3. The minimum Gasteiger partial charge on any atom is -0.318 e. The Labute approximate surface area is 92.3 Å². The zero-order valence-corrected chi connectivity index (χ0v) is 9.71. The monoisotopic (exact) mass is 204 g/mol. The summed E-state index contributed by atoms with van der Waals surface area (Å²) in [5.41, 5.74) is 4.45. The maximum atomic E-state index is 3.21. The van der Waals surface area contributed by atoms with Crippen LogP contribution in [-0.2, 0) is 13.0 Å². The predicted octanol–water partition coefficient (Wildman–Crippen LogP) is 1.57. The minimum atomic E-state index is 1.08. The van der Waals surface area contributed by atoms with E-state index >= 15 is 0 Å². The quantitative estimate of drug-likeness (QED) is 0.804. The van der Waals surface area contributed by atoms with Crippen molar-refractivity contribution < 1.29 is 0 Å². The van der Waals surface area contributed by atoms with Crippen LogP contribution in [-0.4, -0.2) is 31.6 Å². The van der Waals surface area contributed by atoms with E-state index in [-0.39, 0.29) is 0 Å². The van der Waals surface area contributed by atoms with E-state index in [1.807, 2.05) is 7.05 Å². The molecule has 82 valence electrons. The Hall–Kier alpha value is -0.860. The zero-order chi connectivity index (χ0) is 10.7. The molecule has 0 spiro atoms. The third kappa shape index (κ3) is 2.58. The number of nitrogens with one attached hydrogen (secondary N) is 1. The Morgan fingerprint density at radius 2 is 2.20 bits per heavy atom. The molecule has 1 aromatic rings. The van der Waals surface area contributed by atoms with Crippen LogP contribution >= 0.6 is 0 Å². The average molecular weight is 204 g/mol. The zero-order valence-electron chi connectivity index (χ0n) is 9.71. The fourth-order valence-electron chi connectivity index (χ4n) is 2.21. The summed E-state index contributed by atoms with van der Waals surface area (Å²) in [6, 6.07) is 6.85. The number of benzene rings is 1. The molecule has 1 N–H and O–H groups in total. The van der Waals surface area contributed by atoms with Crippen LogP contribution in [0.2, 0.25) is 0 Å². The van der Waals surface area contributed by atoms with Crippen LogP contribution in [0, 0.1) is 6.92 Å². The van der Waals surface area contributed by atoms with Crippen LogP contribution in [0.25, 0.3) is 0 Å². The predicted molar refractivity (Wildman–Crippen MR) is 64.1 cm³/mol. The molecule has 0 aliphatic carbocycles. The maximum absolute atomic E-state index is 3.21. The molecule has 1 aromatic carbocycles. The molecule has 0 saturated heterocycles. The summed E-state index contributed by atoms with van der Waals surface area (Å²) in [6.07, 6.45) is 1.21. The second-order valence-corrected chi connectivity index (χ2v) is 4.40. The molecule has 1 aliphatic rings. The average Bonchev–Trinajstić information content (AvgIpc) is 2.25. The molecule has 0 aromatic heterocycles. The highest BCUT2D eigenvalue weighted by Crippen LogP contribution is 2.19. The van der Waals surface area contributed by atoms with E-state index in [1.54, 1.807) is 5.56 Å². The summed E-state index contributed by atoms with van der Waals surface area (Å²) in [6.45, 7) is 6.74. The highest BCUT2D eigenvalue weighted by molar-refractivity contribution is 5.33. The van der Waals surface area contributed by atoms with Crippen LogP contribution in [0.5, 0.6) is 0 Å². The van der Waals surface area contributed by atoms with Crippen molar-refractivity contribution in [2.75, 3.05) is 26.7 Å². The van der Waals surface area contributed by atoms with Crippen molar-refractivity contribution in [1.29, 1.82) is 0 Å². The van der Waals surface area contributed by atoms with Gasteiger partial charge in [-0.25, -0.2) is 0 Å². The summed E-state index contributed by atoms with van der Waals surface area (Å²) < 4.78 is 0. The summed E-state index contributed by atoms with van der Waals surface area (Å²) in [4.78, 5) is 2.53. The van der Waals surface area contributed by atoms with E-state index in [9.17, 15) is 0 Å². The third-order valence-corrected chi connectivity index (χ3v) is 3.13. The molecule has 0 unspecified atom stereocenters. The van der Waals surface area contributed by atoms with Gasteiger partial charge in [0.15, 0.2) is 0 Å². The van der Waals surface area contributed by atoms with E-state index < -0.39 is 0 Å². The van der Waals surface area contributed by atoms with Gasteiger partial charge in [0, 0.05) is 26.2 Å². The van der Waals surface area contributed by atoms with Gasteiger partial charge in [0.05, 0.1) is 0 Å². The van der Waals surface area contributed by atoms with Crippen molar-refractivity contribution in [3.05, 3.63) is 34.9 Å². The van der Waals surface area contributed by atoms with Gasteiger partial charge in [-0.2, -0.15) is 0 Å². The molecule has 1 aliphatic heterocycles. The Morgan fingerprint density at radius 3 is 3.00 bits per heavy atom. The highest BCUT2D eigenvalue weighted by Gasteiger charge is 2.14. The first kappa shape index (κ1) is 10.7. The molecule has 2 nitrogen and oxygen atoms in total. The number of rotatable bonds is 3. The number of fused-ring (bicyclic) bond motifs is 1. The fraction of sp³-hybridized carbons (Fsp3) is 0.538. The summed E-state index contributed by atoms with van der Waals surface area (Å²) >= 11 is 0. The fourth-order valence-corrected chi connectivity index (χ4v) is 2.21. The molecule has 0 saturated carbocycles. The number of nitrogens with zero attached hydrogens (tertiary/aromatic N) is 1. The molecule has 2 rings (SSSR count). The number of likely N-dealkylation sites (N-methyl/N-ethyl adjacent to an activating group) is 1. The lowest BCUT2D eigenvalue weighted by atomic mass is 9.98. The summed E-state index contributed by atoms with van der Waals surface area (Å²) in [5.74, 6) is 0. The van der Waals surface area contributed by atoms with Crippen molar-refractivity contribution in [2.24, 2.45) is 0 Å². The van der Waals surface area contributed by atoms with Crippen LogP contribution in [0.4, 0.5) is 0 Å². The second kappa shape index (κ2) is 4.77. The topological polar surface area (TPSA) is 15.3 Å². The van der Waals surface area contributed by atoms with Crippen molar-refractivity contribution in [3.63, 3.8) is 0 Å². The molecule has 0 amide bonds. The van der Waals surface area contributed by atoms with Crippen LogP contribution < -0.4 is 5.32 Å². The molecular formula is C13H20N2. The molecule has 0 radical (unpaired) electrons. The smallest absolute Gasteiger partial charge is 0.0237 e. The van der Waals surface area contributed by atoms with Gasteiger partial charge in [-0.3, -0.25) is 4.90 Å². The largest absolute Gasteiger partial charge is 0.318 e. The van der Waals surface area contributed by atoms with Crippen LogP contribution in [0.15, 0.2) is 18.2 Å². The van der Waals surface area contributed by atoms with Crippen molar-refractivity contribution in [1.82, 2.24) is 10.2 Å². The van der Waals surface area contributed by atoms with Crippen LogP contribution in [0.1, 0.15) is 16.7 Å². The third-order valence-electron chi connectivity index (χ3n) is 3.13. The van der Waals surface area contributed by atoms with Gasteiger partial charge >= 0.3 is 0 Å². The van der Waals surface area contributed by atoms with Crippen molar-refractivity contribution in [2.45, 2.75) is 19.9 Å². The van der Waals surface area contributed by atoms with E-state index in [4.69, 9.17) is 0 Å². The van der Waals surface area contributed by atoms with Gasteiger partial charge in [-0.05, 0) is 31.5 Å². The Bertz CT molecular complexity index is 333. The van der Waals surface area contributed by atoms with Gasteiger partial charge in [-0.15, -0.1) is 0 Å². The van der Waals surface area contributed by atoms with Gasteiger partial charge < -0.3 is 5.32 Å². The Kier molecular flexibility index (Phi) is 3.39. The van der Waals surface area contributed by atoms with E-state index in [0.717, 1.165) is 19.6 Å². The molecular weight excluding hydrogens is 184 g/mol. The second-order valence-electron chi connectivity index (χ2n) is 4.40. The minimum absolute atomic E-state index is 1.08. The van der Waals surface area contributed by atoms with Crippen molar-refractivity contribution >= 4 is 0 Å². The molecule has 0 fully saturated rings. The molecule has 0 atom stereocenters. The Balaban J connectivity index is 2.05. The highest BCUT2D eigenvalue weighted by atomic mass is 15.1. The summed E-state index contributed by atoms with van der Waals surface area (Å²) in [7, 11) is 2.02. The van der Waals surface area contributed by atoms with E-state index in [0.29, 0.717) is 0 Å². The first-order valence-electron chi connectivity index (χ1n) is 5.75. The number of aryl methyl sites for hydroxylation is 1. The number of hydrogen-bond donors (Lipinski definition) is 1. The van der Waals surface area contributed by atoms with Gasteiger partial charge in [0.2, 0.25) is 0 Å². The lowest BCUT2D eigenvalue weighted by Gasteiger charge is -2.28. The molecule has 1 heterocycles. The lowest BCUT2D eigenvalue weighted by molar-refractivity contribution is 0.256. The first-order valence-corrected chi connectivity index (χ1v) is 5.75. The first-order chi connectivity index (χ1) is 7.29. The van der Waals surface area contributed by atoms with Gasteiger partial charge in [0.1, 0.15) is 0 Å². The van der Waals surface area contributed by atoms with Gasteiger partial charge in [-0.1, -0.05) is 23.8 Å². The normalized spacial score (nSPS) is 16.4. The SMILES string of the molecule is CNCCN1CCc2ccc(C)cc2C1. The maximum Gasteiger partial charge on any atom is 0.0237 e. The van der Waals surface area contributed by atoms with E-state index in [1.165, 1.54) is 24.1 Å². The molecule has 15 heavy (non-hydrogen) atoms.